The van der Waals surface area contributed by atoms with Gasteiger partial charge in [-0.2, -0.15) is 0 Å². The number of hydrogen-bond acceptors (Lipinski definition) is 2. The Labute approximate surface area is 97.6 Å². The van der Waals surface area contributed by atoms with Crippen LogP contribution in [-0.2, 0) is 4.79 Å². The molecule has 0 aliphatic carbocycles. The first-order valence-electron chi connectivity index (χ1n) is 4.92. The van der Waals surface area contributed by atoms with Crippen LogP contribution in [0, 0.1) is 5.92 Å². The van der Waals surface area contributed by atoms with Gasteiger partial charge in [0.2, 0.25) is 5.91 Å². The fourth-order valence-corrected chi connectivity index (χ4v) is 1.94. The van der Waals surface area contributed by atoms with Gasteiger partial charge in [0.25, 0.3) is 0 Å². The SMILES string of the molecule is CN(C(=O)C1CNC1)c1cccc(Br)c1. The molecule has 0 unspecified atom stereocenters. The number of anilines is 1. The third-order valence-electron chi connectivity index (χ3n) is 2.66. The Kier molecular flexibility index (Phi) is 3.07. The van der Waals surface area contributed by atoms with Gasteiger partial charge >= 0.3 is 0 Å². The normalized spacial score (nSPS) is 15.9. The molecule has 1 aromatic rings. The van der Waals surface area contributed by atoms with Gasteiger partial charge in [-0.3, -0.25) is 4.79 Å². The molecule has 1 heterocycles. The lowest BCUT2D eigenvalue weighted by molar-refractivity contribution is -0.123. The van der Waals surface area contributed by atoms with E-state index in [0.717, 1.165) is 23.2 Å². The van der Waals surface area contributed by atoms with Crippen LogP contribution in [0.4, 0.5) is 5.69 Å². The van der Waals surface area contributed by atoms with E-state index >= 15 is 0 Å². The first-order valence-corrected chi connectivity index (χ1v) is 5.71. The molecule has 15 heavy (non-hydrogen) atoms. The van der Waals surface area contributed by atoms with E-state index in [4.69, 9.17) is 0 Å². The summed E-state index contributed by atoms with van der Waals surface area (Å²) in [5.74, 6) is 0.334. The lowest BCUT2D eigenvalue weighted by Crippen LogP contribution is -2.51. The van der Waals surface area contributed by atoms with E-state index in [2.05, 4.69) is 21.2 Å². The molecule has 80 valence electrons. The van der Waals surface area contributed by atoms with Crippen LogP contribution in [0.25, 0.3) is 0 Å². The maximum Gasteiger partial charge on any atom is 0.232 e. The number of benzene rings is 1. The number of rotatable bonds is 2. The van der Waals surface area contributed by atoms with Crippen LogP contribution in [0.3, 0.4) is 0 Å². The number of nitrogens with one attached hydrogen (secondary N) is 1. The lowest BCUT2D eigenvalue weighted by atomic mass is 10.0. The number of amides is 1. The molecule has 1 aliphatic heterocycles. The van der Waals surface area contributed by atoms with Crippen LogP contribution in [-0.4, -0.2) is 26.0 Å². The topological polar surface area (TPSA) is 32.3 Å². The van der Waals surface area contributed by atoms with Crippen molar-refractivity contribution in [1.29, 1.82) is 0 Å². The van der Waals surface area contributed by atoms with Gasteiger partial charge in [-0.1, -0.05) is 22.0 Å². The number of nitrogens with zero attached hydrogens (tertiary/aromatic N) is 1. The second-order valence-electron chi connectivity index (χ2n) is 3.73. The molecular weight excluding hydrogens is 256 g/mol. The Bertz CT molecular complexity index is 377. The van der Waals surface area contributed by atoms with E-state index in [9.17, 15) is 4.79 Å². The van der Waals surface area contributed by atoms with Crippen molar-refractivity contribution in [1.82, 2.24) is 5.32 Å². The van der Waals surface area contributed by atoms with Gasteiger partial charge in [-0.25, -0.2) is 0 Å². The van der Waals surface area contributed by atoms with Crippen molar-refractivity contribution in [3.8, 4) is 0 Å². The molecular formula is C11H13BrN2O. The molecule has 1 amide bonds. The Morgan fingerprint density at radius 3 is 2.80 bits per heavy atom. The zero-order chi connectivity index (χ0) is 10.8. The third kappa shape index (κ3) is 2.21. The Morgan fingerprint density at radius 1 is 1.53 bits per heavy atom. The minimum absolute atomic E-state index is 0.147. The average Bonchev–Trinajstić information content (AvgIpc) is 2.14. The van der Waals surface area contributed by atoms with Crippen LogP contribution in [0.15, 0.2) is 28.7 Å². The Balaban J connectivity index is 2.12. The fraction of sp³-hybridized carbons (Fsp3) is 0.364. The van der Waals surface area contributed by atoms with Crippen LogP contribution < -0.4 is 10.2 Å². The zero-order valence-electron chi connectivity index (χ0n) is 8.53. The smallest absolute Gasteiger partial charge is 0.232 e. The fourth-order valence-electron chi connectivity index (χ4n) is 1.55. The summed E-state index contributed by atoms with van der Waals surface area (Å²) in [5, 5.41) is 3.10. The number of halogens is 1. The summed E-state index contributed by atoms with van der Waals surface area (Å²) in [4.78, 5) is 13.6. The molecule has 3 nitrogen and oxygen atoms in total. The summed E-state index contributed by atoms with van der Waals surface area (Å²) < 4.78 is 0.992. The third-order valence-corrected chi connectivity index (χ3v) is 3.15. The molecule has 0 saturated carbocycles. The van der Waals surface area contributed by atoms with Gasteiger partial charge in [0.1, 0.15) is 0 Å². The monoisotopic (exact) mass is 268 g/mol. The van der Waals surface area contributed by atoms with Gasteiger partial charge < -0.3 is 10.2 Å². The first kappa shape index (κ1) is 10.6. The predicted molar refractivity (Wildman–Crippen MR) is 63.9 cm³/mol. The van der Waals surface area contributed by atoms with Crippen molar-refractivity contribution in [3.63, 3.8) is 0 Å². The van der Waals surface area contributed by atoms with E-state index in [1.54, 1.807) is 4.90 Å². The molecule has 1 saturated heterocycles. The number of hydrogen-bond donors (Lipinski definition) is 1. The van der Waals surface area contributed by atoms with Crippen molar-refractivity contribution in [3.05, 3.63) is 28.7 Å². The zero-order valence-corrected chi connectivity index (χ0v) is 10.1. The summed E-state index contributed by atoms with van der Waals surface area (Å²) in [6, 6.07) is 7.77. The molecule has 0 bridgehead atoms. The minimum Gasteiger partial charge on any atom is -0.315 e. The highest BCUT2D eigenvalue weighted by molar-refractivity contribution is 9.10. The molecule has 0 radical (unpaired) electrons. The summed E-state index contributed by atoms with van der Waals surface area (Å²) in [7, 11) is 1.82. The maximum atomic E-state index is 11.9. The van der Waals surface area contributed by atoms with Crippen molar-refractivity contribution in [2.24, 2.45) is 5.92 Å². The quantitative estimate of drug-likeness (QED) is 0.885. The Hall–Kier alpha value is -0.870. The van der Waals surface area contributed by atoms with E-state index in [1.807, 2.05) is 31.3 Å². The van der Waals surface area contributed by atoms with Gasteiger partial charge in [0.05, 0.1) is 5.92 Å². The van der Waals surface area contributed by atoms with Crippen molar-refractivity contribution < 1.29 is 4.79 Å². The van der Waals surface area contributed by atoms with Gasteiger partial charge in [-0.15, -0.1) is 0 Å². The molecule has 0 atom stereocenters. The summed E-state index contributed by atoms with van der Waals surface area (Å²) >= 11 is 3.40. The van der Waals surface area contributed by atoms with E-state index < -0.39 is 0 Å². The van der Waals surface area contributed by atoms with Crippen LogP contribution in [0.5, 0.6) is 0 Å². The van der Waals surface area contributed by atoms with Gasteiger partial charge in [0.15, 0.2) is 0 Å². The summed E-state index contributed by atoms with van der Waals surface area (Å²) in [5.41, 5.74) is 0.932. The van der Waals surface area contributed by atoms with E-state index in [0.29, 0.717) is 0 Å². The second kappa shape index (κ2) is 4.33. The van der Waals surface area contributed by atoms with Gasteiger partial charge in [-0.05, 0) is 18.2 Å². The average molecular weight is 269 g/mol. The second-order valence-corrected chi connectivity index (χ2v) is 4.65. The largest absolute Gasteiger partial charge is 0.315 e. The lowest BCUT2D eigenvalue weighted by Gasteiger charge is -2.30. The van der Waals surface area contributed by atoms with Crippen molar-refractivity contribution in [2.45, 2.75) is 0 Å². The first-order chi connectivity index (χ1) is 7.18. The maximum absolute atomic E-state index is 11.9. The van der Waals surface area contributed by atoms with E-state index in [1.165, 1.54) is 0 Å². The molecule has 2 rings (SSSR count). The Morgan fingerprint density at radius 2 is 2.27 bits per heavy atom. The molecule has 1 fully saturated rings. The van der Waals surface area contributed by atoms with Crippen LogP contribution in [0.2, 0.25) is 0 Å². The highest BCUT2D eigenvalue weighted by atomic mass is 79.9. The predicted octanol–water partition coefficient (Wildman–Crippen LogP) is 1.63. The van der Waals surface area contributed by atoms with E-state index in [-0.39, 0.29) is 11.8 Å². The van der Waals surface area contributed by atoms with Crippen LogP contribution >= 0.6 is 15.9 Å². The highest BCUT2D eigenvalue weighted by Gasteiger charge is 2.28. The molecule has 1 aliphatic rings. The van der Waals surface area contributed by atoms with Crippen LogP contribution in [0.1, 0.15) is 0 Å². The van der Waals surface area contributed by atoms with Gasteiger partial charge in [0, 0.05) is 30.3 Å². The molecule has 1 N–H and O–H groups in total. The molecule has 4 heteroatoms. The molecule has 0 aromatic heterocycles. The standard InChI is InChI=1S/C11H13BrN2O/c1-14(11(15)8-6-13-7-8)10-4-2-3-9(12)5-10/h2-5,8,13H,6-7H2,1H3. The van der Waals surface area contributed by atoms with Crippen molar-refractivity contribution in [2.75, 3.05) is 25.0 Å². The highest BCUT2D eigenvalue weighted by Crippen LogP contribution is 2.21. The molecule has 0 spiro atoms. The number of carbonyl (C=O) groups excluding carboxylic acids is 1. The summed E-state index contributed by atoms with van der Waals surface area (Å²) in [6.45, 7) is 1.61. The molecule has 1 aromatic carbocycles. The number of carbonyl (C=O) groups is 1. The van der Waals surface area contributed by atoms with Crippen molar-refractivity contribution >= 4 is 27.5 Å². The summed E-state index contributed by atoms with van der Waals surface area (Å²) in [6.07, 6.45) is 0. The minimum atomic E-state index is 0.147.